The molecular weight excluding hydrogens is 135 g/mol. The molecule has 0 bridgehead atoms. The first-order valence-corrected chi connectivity index (χ1v) is 2.65. The minimum Gasteiger partial charge on any atom is -0.364 e. The minimum atomic E-state index is -0.443. The van der Waals surface area contributed by atoms with Crippen molar-refractivity contribution in [2.75, 3.05) is 7.11 Å². The van der Waals surface area contributed by atoms with Crippen LogP contribution in [0.2, 0.25) is 0 Å². The number of ether oxygens (including phenoxy) is 1. The number of hydrogen-bond acceptors (Lipinski definition) is 1. The van der Waals surface area contributed by atoms with E-state index in [4.69, 9.17) is 23.2 Å². The van der Waals surface area contributed by atoms with Crippen molar-refractivity contribution in [2.24, 2.45) is 0 Å². The van der Waals surface area contributed by atoms with E-state index in [-0.39, 0.29) is 0 Å². The van der Waals surface area contributed by atoms with Crippen molar-refractivity contribution in [2.45, 2.75) is 12.5 Å². The summed E-state index contributed by atoms with van der Waals surface area (Å²) >= 11 is 10.8. The van der Waals surface area contributed by atoms with Gasteiger partial charge in [0.1, 0.15) is 5.38 Å². The first kappa shape index (κ1) is 7.54. The Labute approximate surface area is 53.6 Å². The predicted octanol–water partition coefficient (Wildman–Crippen LogP) is 1.99. The molecule has 1 nitrogen and oxygen atoms in total. The van der Waals surface area contributed by atoms with Gasteiger partial charge in [-0.1, -0.05) is 11.6 Å². The van der Waals surface area contributed by atoms with Crippen molar-refractivity contribution in [3.63, 3.8) is 0 Å². The molecule has 0 aromatic heterocycles. The molecule has 0 spiro atoms. The fourth-order valence-electron chi connectivity index (χ4n) is 0.162. The van der Waals surface area contributed by atoms with Gasteiger partial charge in [-0.25, -0.2) is 0 Å². The van der Waals surface area contributed by atoms with Gasteiger partial charge in [-0.15, -0.1) is 11.6 Å². The van der Waals surface area contributed by atoms with Gasteiger partial charge in [0.15, 0.2) is 5.56 Å². The Hall–Kier alpha value is 0.540. The largest absolute Gasteiger partial charge is 0.364 e. The highest BCUT2D eigenvalue weighted by molar-refractivity contribution is 6.34. The fraction of sp³-hybridized carbons (Fsp3) is 0.750. The van der Waals surface area contributed by atoms with E-state index in [1.54, 1.807) is 6.92 Å². The van der Waals surface area contributed by atoms with Gasteiger partial charge in [-0.3, -0.25) is 0 Å². The molecule has 0 N–H and O–H groups in total. The first-order chi connectivity index (χ1) is 3.18. The van der Waals surface area contributed by atoms with Gasteiger partial charge in [0.2, 0.25) is 0 Å². The molecule has 1 radical (unpaired) electrons. The molecule has 0 aliphatic carbocycles. The maximum absolute atomic E-state index is 5.41. The van der Waals surface area contributed by atoms with Crippen LogP contribution in [0.5, 0.6) is 0 Å². The maximum Gasteiger partial charge on any atom is 0.151 e. The van der Waals surface area contributed by atoms with E-state index in [0.29, 0.717) is 5.38 Å². The highest BCUT2D eigenvalue weighted by Crippen LogP contribution is 2.16. The van der Waals surface area contributed by atoms with Crippen LogP contribution in [0.15, 0.2) is 0 Å². The van der Waals surface area contributed by atoms with E-state index in [0.717, 1.165) is 0 Å². The Morgan fingerprint density at radius 1 is 1.71 bits per heavy atom. The highest BCUT2D eigenvalue weighted by atomic mass is 35.5. The summed E-state index contributed by atoms with van der Waals surface area (Å²) in [6.07, 6.45) is 0. The Kier molecular flexibility index (Phi) is 3.80. The van der Waals surface area contributed by atoms with Gasteiger partial charge >= 0.3 is 0 Å². The zero-order valence-corrected chi connectivity index (χ0v) is 5.75. The lowest BCUT2D eigenvalue weighted by Gasteiger charge is -2.05. The average Bonchev–Trinajstić information content (AvgIpc) is 1.65. The lowest BCUT2D eigenvalue weighted by atomic mass is 10.5. The monoisotopic (exact) mass is 141 g/mol. The second-order valence-electron chi connectivity index (χ2n) is 1.14. The lowest BCUT2D eigenvalue weighted by molar-refractivity contribution is 0.186. The van der Waals surface area contributed by atoms with Crippen LogP contribution in [0, 0.1) is 5.38 Å². The molecule has 0 rings (SSSR count). The van der Waals surface area contributed by atoms with Crippen molar-refractivity contribution in [1.29, 1.82) is 0 Å². The third-order valence-corrected chi connectivity index (χ3v) is 1.34. The van der Waals surface area contributed by atoms with Crippen LogP contribution in [0.1, 0.15) is 6.92 Å². The summed E-state index contributed by atoms with van der Waals surface area (Å²) in [5.41, 5.74) is -0.443. The molecule has 0 aliphatic heterocycles. The molecule has 0 saturated heterocycles. The quantitative estimate of drug-likeness (QED) is 0.535. The smallest absolute Gasteiger partial charge is 0.151 e. The predicted molar refractivity (Wildman–Crippen MR) is 31.4 cm³/mol. The Morgan fingerprint density at radius 3 is 2.14 bits per heavy atom. The van der Waals surface area contributed by atoms with Gasteiger partial charge in [0, 0.05) is 7.11 Å². The van der Waals surface area contributed by atoms with Crippen molar-refractivity contribution in [3.05, 3.63) is 5.38 Å². The normalized spacial score (nSPS) is 15.0. The van der Waals surface area contributed by atoms with E-state index in [1.807, 2.05) is 0 Å². The molecule has 0 heterocycles. The second kappa shape index (κ2) is 3.53. The SMILES string of the molecule is COC(Cl)[C](C)Cl. The van der Waals surface area contributed by atoms with E-state index in [1.165, 1.54) is 7.11 Å². The van der Waals surface area contributed by atoms with E-state index in [2.05, 4.69) is 4.74 Å². The van der Waals surface area contributed by atoms with Gasteiger partial charge in [-0.05, 0) is 6.92 Å². The van der Waals surface area contributed by atoms with Gasteiger partial charge in [-0.2, -0.15) is 0 Å². The van der Waals surface area contributed by atoms with Crippen molar-refractivity contribution < 1.29 is 4.74 Å². The van der Waals surface area contributed by atoms with Crippen LogP contribution < -0.4 is 0 Å². The van der Waals surface area contributed by atoms with Gasteiger partial charge in [0.05, 0.1) is 0 Å². The lowest BCUT2D eigenvalue weighted by Crippen LogP contribution is -2.04. The van der Waals surface area contributed by atoms with Crippen LogP contribution in [0.25, 0.3) is 0 Å². The molecule has 43 valence electrons. The standard InChI is InChI=1S/C4H7Cl2O/c1-3(5)4(6)7-2/h4H,1-2H3. The summed E-state index contributed by atoms with van der Waals surface area (Å²) in [6, 6.07) is 0. The molecule has 1 unspecified atom stereocenters. The van der Waals surface area contributed by atoms with E-state index in [9.17, 15) is 0 Å². The van der Waals surface area contributed by atoms with E-state index < -0.39 is 5.56 Å². The minimum absolute atomic E-state index is 0.443. The number of halogens is 2. The molecule has 0 aromatic rings. The van der Waals surface area contributed by atoms with E-state index >= 15 is 0 Å². The summed E-state index contributed by atoms with van der Waals surface area (Å²) in [7, 11) is 1.50. The van der Waals surface area contributed by atoms with Crippen LogP contribution in [0.3, 0.4) is 0 Å². The van der Waals surface area contributed by atoms with Crippen molar-refractivity contribution in [1.82, 2.24) is 0 Å². The van der Waals surface area contributed by atoms with Gasteiger partial charge in [0.25, 0.3) is 0 Å². The third kappa shape index (κ3) is 3.15. The summed E-state index contributed by atoms with van der Waals surface area (Å²) < 4.78 is 4.61. The molecule has 0 amide bonds. The fourth-order valence-corrected chi connectivity index (χ4v) is 0.251. The van der Waals surface area contributed by atoms with Crippen LogP contribution in [0.4, 0.5) is 0 Å². The van der Waals surface area contributed by atoms with Crippen LogP contribution >= 0.6 is 23.2 Å². The zero-order chi connectivity index (χ0) is 5.86. The summed E-state index contributed by atoms with van der Waals surface area (Å²) in [5.74, 6) is 0. The molecule has 3 heteroatoms. The van der Waals surface area contributed by atoms with Crippen molar-refractivity contribution in [3.8, 4) is 0 Å². The Morgan fingerprint density at radius 2 is 2.14 bits per heavy atom. The molecule has 7 heavy (non-hydrogen) atoms. The maximum atomic E-state index is 5.41. The average molecular weight is 142 g/mol. The number of rotatable bonds is 2. The van der Waals surface area contributed by atoms with Crippen molar-refractivity contribution >= 4 is 23.2 Å². The topological polar surface area (TPSA) is 9.23 Å². The molecule has 1 atom stereocenters. The molecular formula is C4H7Cl2O. The van der Waals surface area contributed by atoms with Gasteiger partial charge < -0.3 is 4.74 Å². The first-order valence-electron chi connectivity index (χ1n) is 1.84. The second-order valence-corrected chi connectivity index (χ2v) is 2.13. The summed E-state index contributed by atoms with van der Waals surface area (Å²) in [6.45, 7) is 1.70. The summed E-state index contributed by atoms with van der Waals surface area (Å²) in [4.78, 5) is 0. The Balaban J connectivity index is 3.14. The molecule has 0 aliphatic rings. The number of methoxy groups -OCH3 is 1. The Bertz CT molecular complexity index is 47.0. The molecule has 0 saturated carbocycles. The highest BCUT2D eigenvalue weighted by Gasteiger charge is 2.08. The molecule has 0 fully saturated rings. The van der Waals surface area contributed by atoms with Crippen LogP contribution in [-0.4, -0.2) is 12.7 Å². The molecule has 0 aromatic carbocycles. The third-order valence-electron chi connectivity index (χ3n) is 0.520. The summed E-state index contributed by atoms with van der Waals surface area (Å²) in [5, 5.41) is 0.559. The number of hydrogen-bond donors (Lipinski definition) is 0. The van der Waals surface area contributed by atoms with Crippen LogP contribution in [-0.2, 0) is 4.74 Å². The number of alkyl halides is 1. The zero-order valence-electron chi connectivity index (χ0n) is 4.24.